The highest BCUT2D eigenvalue weighted by Gasteiger charge is 2.41. The third-order valence-corrected chi connectivity index (χ3v) is 12.3. The van der Waals surface area contributed by atoms with Crippen LogP contribution in [0.5, 0.6) is 0 Å². The molecular weight excluding hydrogens is 693 g/mol. The molecule has 0 radical (unpaired) electrons. The van der Waals surface area contributed by atoms with Crippen LogP contribution < -0.4 is 0 Å². The molecule has 268 valence electrons. The van der Waals surface area contributed by atoms with Gasteiger partial charge in [0.25, 0.3) is 0 Å². The quantitative estimate of drug-likeness (QED) is 0.181. The lowest BCUT2D eigenvalue weighted by Gasteiger charge is -2.24. The van der Waals surface area contributed by atoms with Gasteiger partial charge in [-0.1, -0.05) is 147 Å². The van der Waals surface area contributed by atoms with E-state index in [1.54, 1.807) is 0 Å². The molecule has 4 heteroatoms. The molecule has 11 aromatic rings. The summed E-state index contributed by atoms with van der Waals surface area (Å²) < 4.78 is 4.68. The van der Waals surface area contributed by atoms with Crippen LogP contribution in [0.4, 0.5) is 0 Å². The summed E-state index contributed by atoms with van der Waals surface area (Å²) in [5, 5.41) is 7.17. The van der Waals surface area contributed by atoms with Gasteiger partial charge in [0, 0.05) is 49.3 Å². The molecule has 0 spiro atoms. The van der Waals surface area contributed by atoms with E-state index in [1.807, 2.05) is 0 Å². The maximum Gasteiger partial charge on any atom is 0.235 e. The van der Waals surface area contributed by atoms with Gasteiger partial charge in [0.05, 0.1) is 33.5 Å². The van der Waals surface area contributed by atoms with Gasteiger partial charge in [-0.05, 0) is 76.0 Å². The molecule has 0 amide bonds. The zero-order valence-corrected chi connectivity index (χ0v) is 31.6. The van der Waals surface area contributed by atoms with Crippen LogP contribution >= 0.6 is 0 Å². The average molecular weight is 729 g/mol. The van der Waals surface area contributed by atoms with E-state index in [-0.39, 0.29) is 5.41 Å². The summed E-state index contributed by atoms with van der Waals surface area (Å²) in [7, 11) is 0. The molecule has 0 atom stereocenters. The monoisotopic (exact) mass is 728 g/mol. The van der Waals surface area contributed by atoms with Crippen molar-refractivity contribution < 1.29 is 0 Å². The summed E-state index contributed by atoms with van der Waals surface area (Å²) in [5.41, 5.74) is 14.3. The lowest BCUT2D eigenvalue weighted by molar-refractivity contribution is 0.657. The molecule has 8 aromatic carbocycles. The Morgan fingerprint density at radius 3 is 1.81 bits per heavy atom. The Balaban J connectivity index is 1.23. The second-order valence-electron chi connectivity index (χ2n) is 15.8. The fourth-order valence-corrected chi connectivity index (χ4v) is 9.70. The van der Waals surface area contributed by atoms with Crippen molar-refractivity contribution in [3.63, 3.8) is 0 Å². The predicted molar refractivity (Wildman–Crippen MR) is 237 cm³/mol. The highest BCUT2D eigenvalue weighted by Crippen LogP contribution is 2.53. The molecule has 0 bridgehead atoms. The van der Waals surface area contributed by atoms with Crippen LogP contribution in [0.1, 0.15) is 25.0 Å². The summed E-state index contributed by atoms with van der Waals surface area (Å²) >= 11 is 0. The molecule has 57 heavy (non-hydrogen) atoms. The number of aromatic nitrogens is 4. The fraction of sp³-hybridized carbons (Fsp3) is 0.0566. The summed E-state index contributed by atoms with van der Waals surface area (Å²) in [6.45, 7) is 4.68. The standard InChI is InChI=1S/C53H36N4/c1-53(2)43-29-28-36(33-16-5-3-6-17-33)31-42(43)51-49(53)50(40-24-15-27-46-48(40)39-23-12-14-26-45(39)56(46)37-20-7-4-8-21-37)54-52(55-51)57-44-25-13-11-22-38(44)41-30-34-18-9-10-19-35(34)32-47(41)57/h3-32H,1-2H3. The van der Waals surface area contributed by atoms with E-state index in [0.29, 0.717) is 5.95 Å². The van der Waals surface area contributed by atoms with Gasteiger partial charge in [0.2, 0.25) is 5.95 Å². The Labute approximate surface area is 329 Å². The molecule has 1 aliphatic carbocycles. The van der Waals surface area contributed by atoms with Crippen molar-refractivity contribution in [3.05, 3.63) is 193 Å². The molecule has 1 aliphatic rings. The highest BCUT2D eigenvalue weighted by molar-refractivity contribution is 6.17. The first-order chi connectivity index (χ1) is 28.0. The molecule has 0 unspecified atom stereocenters. The Morgan fingerprint density at radius 2 is 1.04 bits per heavy atom. The normalized spacial score (nSPS) is 13.2. The van der Waals surface area contributed by atoms with E-state index >= 15 is 0 Å². The van der Waals surface area contributed by atoms with Crippen LogP contribution in [-0.4, -0.2) is 19.1 Å². The third kappa shape index (κ3) is 4.55. The first kappa shape index (κ1) is 32.0. The van der Waals surface area contributed by atoms with Gasteiger partial charge in [-0.2, -0.15) is 0 Å². The first-order valence-corrected chi connectivity index (χ1v) is 19.7. The number of benzene rings is 8. The zero-order chi connectivity index (χ0) is 37.8. The van der Waals surface area contributed by atoms with Crippen molar-refractivity contribution in [1.82, 2.24) is 19.1 Å². The maximum absolute atomic E-state index is 5.78. The largest absolute Gasteiger partial charge is 0.309 e. The van der Waals surface area contributed by atoms with Crippen LogP contribution in [0, 0.1) is 0 Å². The predicted octanol–water partition coefficient (Wildman–Crippen LogP) is 13.5. The Kier molecular flexibility index (Phi) is 6.65. The van der Waals surface area contributed by atoms with Gasteiger partial charge >= 0.3 is 0 Å². The lowest BCUT2D eigenvalue weighted by atomic mass is 9.80. The van der Waals surface area contributed by atoms with E-state index in [2.05, 4.69) is 205 Å². The SMILES string of the molecule is CC1(C)c2ccc(-c3ccccc3)cc2-c2nc(-n3c4ccccc4c4cc5ccccc5cc43)nc(-c3cccc4c3c3ccccc3n4-c3ccccc3)c21. The molecule has 3 heterocycles. The molecular formula is C53H36N4. The molecule has 0 aliphatic heterocycles. The molecule has 0 saturated carbocycles. The molecule has 0 saturated heterocycles. The molecule has 12 rings (SSSR count). The lowest BCUT2D eigenvalue weighted by Crippen LogP contribution is -2.18. The van der Waals surface area contributed by atoms with Crippen molar-refractivity contribution in [2.24, 2.45) is 0 Å². The Bertz CT molecular complexity index is 3420. The van der Waals surface area contributed by atoms with Crippen LogP contribution in [0.15, 0.2) is 182 Å². The summed E-state index contributed by atoms with van der Waals surface area (Å²) in [6.07, 6.45) is 0. The molecule has 4 nitrogen and oxygen atoms in total. The second-order valence-corrected chi connectivity index (χ2v) is 15.8. The second kappa shape index (κ2) is 11.8. The van der Waals surface area contributed by atoms with Crippen LogP contribution in [0.25, 0.3) is 99.7 Å². The minimum atomic E-state index is -0.370. The van der Waals surface area contributed by atoms with Crippen molar-refractivity contribution >= 4 is 54.4 Å². The maximum atomic E-state index is 5.78. The molecule has 0 N–H and O–H groups in total. The van der Waals surface area contributed by atoms with Crippen molar-refractivity contribution in [3.8, 4) is 45.3 Å². The number of nitrogens with zero attached hydrogens (tertiary/aromatic N) is 4. The van der Waals surface area contributed by atoms with E-state index < -0.39 is 0 Å². The van der Waals surface area contributed by atoms with Crippen molar-refractivity contribution in [2.75, 3.05) is 0 Å². The third-order valence-electron chi connectivity index (χ3n) is 12.3. The number of hydrogen-bond acceptors (Lipinski definition) is 2. The summed E-state index contributed by atoms with van der Waals surface area (Å²) in [6, 6.07) is 65.7. The van der Waals surface area contributed by atoms with Crippen LogP contribution in [-0.2, 0) is 5.41 Å². The van der Waals surface area contributed by atoms with Gasteiger partial charge < -0.3 is 4.57 Å². The highest BCUT2D eigenvalue weighted by atomic mass is 15.2. The van der Waals surface area contributed by atoms with Gasteiger partial charge in [0.1, 0.15) is 0 Å². The van der Waals surface area contributed by atoms with E-state index in [9.17, 15) is 0 Å². The minimum Gasteiger partial charge on any atom is -0.309 e. The number of fused-ring (bicyclic) bond motifs is 10. The zero-order valence-electron chi connectivity index (χ0n) is 31.6. The fourth-order valence-electron chi connectivity index (χ4n) is 9.70. The van der Waals surface area contributed by atoms with E-state index in [0.717, 1.165) is 50.3 Å². The minimum absolute atomic E-state index is 0.370. The topological polar surface area (TPSA) is 35.6 Å². The van der Waals surface area contributed by atoms with Crippen molar-refractivity contribution in [2.45, 2.75) is 19.3 Å². The Morgan fingerprint density at radius 1 is 0.421 bits per heavy atom. The van der Waals surface area contributed by atoms with Gasteiger partial charge in [-0.15, -0.1) is 0 Å². The van der Waals surface area contributed by atoms with Gasteiger partial charge in [0.15, 0.2) is 0 Å². The molecule has 0 fully saturated rings. The number of para-hydroxylation sites is 3. The number of hydrogen-bond donors (Lipinski definition) is 0. The smallest absolute Gasteiger partial charge is 0.235 e. The van der Waals surface area contributed by atoms with Crippen molar-refractivity contribution in [1.29, 1.82) is 0 Å². The summed E-state index contributed by atoms with van der Waals surface area (Å²) in [5.74, 6) is 0.669. The first-order valence-electron chi connectivity index (χ1n) is 19.7. The average Bonchev–Trinajstić information content (AvgIpc) is 3.85. The number of rotatable bonds is 4. The van der Waals surface area contributed by atoms with Crippen LogP contribution in [0.2, 0.25) is 0 Å². The van der Waals surface area contributed by atoms with Crippen LogP contribution in [0.3, 0.4) is 0 Å². The Hall–Kier alpha value is -7.30. The summed E-state index contributed by atoms with van der Waals surface area (Å²) in [4.78, 5) is 11.5. The van der Waals surface area contributed by atoms with Gasteiger partial charge in [-0.25, -0.2) is 9.97 Å². The molecule has 3 aromatic heterocycles. The van der Waals surface area contributed by atoms with Gasteiger partial charge in [-0.3, -0.25) is 4.57 Å². The van der Waals surface area contributed by atoms with E-state index in [4.69, 9.17) is 9.97 Å². The van der Waals surface area contributed by atoms with E-state index in [1.165, 1.54) is 54.5 Å².